The lowest BCUT2D eigenvalue weighted by Crippen LogP contribution is -2.31. The van der Waals surface area contributed by atoms with Crippen LogP contribution in [0, 0.1) is 27.5 Å². The summed E-state index contributed by atoms with van der Waals surface area (Å²) in [4.78, 5) is 4.72. The molecule has 0 N–H and O–H groups in total. The van der Waals surface area contributed by atoms with E-state index in [0.29, 0.717) is 38.8 Å². The summed E-state index contributed by atoms with van der Waals surface area (Å²) in [7, 11) is 1.62. The molecular weight excluding hydrogens is 344 g/mol. The van der Waals surface area contributed by atoms with Crippen LogP contribution < -0.4 is 4.57 Å². The van der Waals surface area contributed by atoms with Gasteiger partial charge in [-0.3, -0.25) is 0 Å². The van der Waals surface area contributed by atoms with Gasteiger partial charge in [0.25, 0.3) is 0 Å². The van der Waals surface area contributed by atoms with Crippen LogP contribution in [0.4, 0.5) is 0 Å². The highest BCUT2D eigenvalue weighted by Crippen LogP contribution is 2.39. The normalized spacial score (nSPS) is 17.9. The van der Waals surface area contributed by atoms with E-state index in [1.54, 1.807) is 26.1 Å². The van der Waals surface area contributed by atoms with E-state index in [1.165, 1.54) is 16.8 Å². The summed E-state index contributed by atoms with van der Waals surface area (Å²) in [5, 5.41) is 1.14. The van der Waals surface area contributed by atoms with Gasteiger partial charge in [0.2, 0.25) is 5.69 Å². The number of nitrogens with zero attached hydrogens (tertiary/aromatic N) is 2. The Balaban J connectivity index is 1.95. The predicted molar refractivity (Wildman–Crippen MR) is 115 cm³/mol. The van der Waals surface area contributed by atoms with E-state index in [9.17, 15) is 0 Å². The van der Waals surface area contributed by atoms with E-state index in [-0.39, 0.29) is 22.3 Å². The van der Waals surface area contributed by atoms with Gasteiger partial charge in [-0.25, -0.2) is 9.55 Å². The van der Waals surface area contributed by atoms with Crippen molar-refractivity contribution < 1.29 is 21.3 Å². The smallest absolute Gasteiger partial charge is 0.216 e. The average molecular weight is 377 g/mol. The molecule has 3 heterocycles. The Labute approximate surface area is 176 Å². The first-order chi connectivity index (χ1) is 17.1. The van der Waals surface area contributed by atoms with Crippen molar-refractivity contribution in [3.05, 3.63) is 70.9 Å². The Morgan fingerprint density at radius 1 is 0.964 bits per heavy atom. The second kappa shape index (κ2) is 5.90. The Morgan fingerprint density at radius 3 is 2.61 bits per heavy atom. The van der Waals surface area contributed by atoms with Crippen LogP contribution in [0.3, 0.4) is 0 Å². The zero-order chi connectivity index (χ0) is 27.1. The van der Waals surface area contributed by atoms with Gasteiger partial charge in [-0.1, -0.05) is 24.3 Å². The zero-order valence-electron chi connectivity index (χ0n) is 24.4. The highest BCUT2D eigenvalue weighted by atomic mass is 16.3. The zero-order valence-corrected chi connectivity index (χ0v) is 15.4. The van der Waals surface area contributed by atoms with Gasteiger partial charge in [0.1, 0.15) is 12.6 Å². The first-order valence-electron chi connectivity index (χ1n) is 13.4. The molecule has 0 bridgehead atoms. The molecule has 3 nitrogen and oxygen atoms in total. The van der Waals surface area contributed by atoms with Gasteiger partial charge >= 0.3 is 0 Å². The average Bonchev–Trinajstić information content (AvgIpc) is 3.13. The van der Waals surface area contributed by atoms with E-state index >= 15 is 0 Å². The molecule has 0 radical (unpaired) electrons. The van der Waals surface area contributed by atoms with Gasteiger partial charge < -0.3 is 4.42 Å². The number of aryl methyl sites for hydroxylation is 5. The molecule has 2 aromatic carbocycles. The Hall–Kier alpha value is -3.20. The first-order valence-corrected chi connectivity index (χ1v) is 8.88. The lowest BCUT2D eigenvalue weighted by Gasteiger charge is -2.09. The first kappa shape index (κ1) is 9.83. The Bertz CT molecular complexity index is 1710. The number of furan rings is 1. The summed E-state index contributed by atoms with van der Waals surface area (Å²) in [6, 6.07) is 12.1. The lowest BCUT2D eigenvalue weighted by molar-refractivity contribution is -0.660. The van der Waals surface area contributed by atoms with Gasteiger partial charge in [0.15, 0.2) is 17.4 Å². The molecule has 138 valence electrons. The van der Waals surface area contributed by atoms with Crippen LogP contribution in [0.15, 0.2) is 53.1 Å². The van der Waals surface area contributed by atoms with E-state index < -0.39 is 20.6 Å². The van der Waals surface area contributed by atoms with Gasteiger partial charge in [-0.15, -0.1) is 0 Å². The maximum Gasteiger partial charge on any atom is 0.216 e. The molecule has 0 unspecified atom stereocenters. The molecule has 0 aliphatic carbocycles. The quantitative estimate of drug-likeness (QED) is 0.343. The molecule has 0 aliphatic rings. The number of hydrogen-bond acceptors (Lipinski definition) is 2. The number of benzene rings is 2. The molecule has 0 amide bonds. The second-order valence-corrected chi connectivity index (χ2v) is 7.05. The van der Waals surface area contributed by atoms with Crippen LogP contribution in [0.5, 0.6) is 0 Å². The number of fused-ring (bicyclic) bond motifs is 4. The molecule has 0 aliphatic heterocycles. The van der Waals surface area contributed by atoms with Gasteiger partial charge in [-0.05, 0) is 56.3 Å². The van der Waals surface area contributed by atoms with Crippen molar-refractivity contribution in [3.8, 4) is 11.3 Å². The summed E-state index contributed by atoms with van der Waals surface area (Å²) >= 11 is 0. The van der Waals surface area contributed by atoms with Gasteiger partial charge in [-0.2, -0.15) is 0 Å². The SMILES string of the molecule is [2H]C([2H])([2H])c1cc(-c2c(C)cc(C([2H])([2H])[2H])c3c2oc2cc4ccccc4nc23)[n+](C)cc1C([2H])([2H])[2H]. The van der Waals surface area contributed by atoms with Crippen molar-refractivity contribution >= 4 is 33.0 Å². The molecule has 5 rings (SSSR count). The van der Waals surface area contributed by atoms with Gasteiger partial charge in [0.05, 0.1) is 16.5 Å². The highest BCUT2D eigenvalue weighted by Gasteiger charge is 2.23. The summed E-state index contributed by atoms with van der Waals surface area (Å²) in [5.74, 6) is 0. The number of hydrogen-bond donors (Lipinski definition) is 0. The fraction of sp³-hybridized carbons (Fsp3) is 0.200. The van der Waals surface area contributed by atoms with Crippen molar-refractivity contribution in [1.82, 2.24) is 4.98 Å². The predicted octanol–water partition coefficient (Wildman–Crippen LogP) is 5.86. The third kappa shape index (κ3) is 2.36. The maximum atomic E-state index is 8.18. The molecular formula is C25H23N2O+. The second-order valence-electron chi connectivity index (χ2n) is 7.05. The molecule has 28 heavy (non-hydrogen) atoms. The fourth-order valence-corrected chi connectivity index (χ4v) is 3.80. The van der Waals surface area contributed by atoms with Crippen LogP contribution >= 0.6 is 0 Å². The van der Waals surface area contributed by atoms with Crippen LogP contribution in [0.25, 0.3) is 44.2 Å². The largest absolute Gasteiger partial charge is 0.453 e. The van der Waals surface area contributed by atoms with Crippen molar-refractivity contribution in [2.75, 3.05) is 0 Å². The Morgan fingerprint density at radius 2 is 1.79 bits per heavy atom. The van der Waals surface area contributed by atoms with Crippen LogP contribution in [0.1, 0.15) is 34.6 Å². The molecule has 0 spiro atoms. The van der Waals surface area contributed by atoms with E-state index in [4.69, 9.17) is 21.7 Å². The molecule has 0 fully saturated rings. The van der Waals surface area contributed by atoms with Crippen molar-refractivity contribution in [2.24, 2.45) is 7.05 Å². The molecule has 3 heteroatoms. The molecule has 3 aromatic heterocycles. The minimum absolute atomic E-state index is 0.0723. The summed E-state index contributed by atoms with van der Waals surface area (Å²) in [6.07, 6.45) is 1.29. The summed E-state index contributed by atoms with van der Waals surface area (Å²) < 4.78 is 79.9. The number of para-hydroxylation sites is 1. The number of pyridine rings is 2. The summed E-state index contributed by atoms with van der Waals surface area (Å²) in [6.45, 7) is -6.08. The number of aromatic nitrogens is 2. The number of rotatable bonds is 1. The van der Waals surface area contributed by atoms with Crippen LogP contribution in [-0.4, -0.2) is 4.98 Å². The highest BCUT2D eigenvalue weighted by molar-refractivity contribution is 6.11. The van der Waals surface area contributed by atoms with Crippen molar-refractivity contribution in [3.63, 3.8) is 0 Å². The summed E-state index contributed by atoms with van der Waals surface area (Å²) in [5.41, 5.74) is 2.59. The standard InChI is InChI=1S/C25H23N2O/c1-14-11-20(27(5)13-17(14)4)22-15(2)10-16(3)23-24-21(28-25(22)23)12-18-8-6-7-9-19(18)26-24/h6-13H,1-5H3/q+1/i1D3,3D3,4D3. The fourth-order valence-electron chi connectivity index (χ4n) is 3.80. The minimum Gasteiger partial charge on any atom is -0.453 e. The van der Waals surface area contributed by atoms with Crippen molar-refractivity contribution in [1.29, 1.82) is 0 Å². The minimum atomic E-state index is -2.69. The van der Waals surface area contributed by atoms with E-state index in [2.05, 4.69) is 0 Å². The Kier molecular flexibility index (Phi) is 2.07. The van der Waals surface area contributed by atoms with E-state index in [1.807, 2.05) is 24.3 Å². The van der Waals surface area contributed by atoms with Crippen LogP contribution in [0.2, 0.25) is 0 Å². The monoisotopic (exact) mass is 376 g/mol. The molecule has 0 saturated carbocycles. The molecule has 0 saturated heterocycles. The van der Waals surface area contributed by atoms with Gasteiger partial charge in [0, 0.05) is 29.4 Å². The van der Waals surface area contributed by atoms with Crippen molar-refractivity contribution in [2.45, 2.75) is 27.5 Å². The van der Waals surface area contributed by atoms with Crippen LogP contribution in [-0.2, 0) is 7.05 Å². The van der Waals surface area contributed by atoms with E-state index in [0.717, 1.165) is 5.39 Å². The maximum absolute atomic E-state index is 8.18. The topological polar surface area (TPSA) is 29.9 Å². The molecule has 5 aromatic rings. The third-order valence-corrected chi connectivity index (χ3v) is 5.15. The lowest BCUT2D eigenvalue weighted by atomic mass is 9.96. The third-order valence-electron chi connectivity index (χ3n) is 5.15. The molecule has 0 atom stereocenters.